The second kappa shape index (κ2) is 6.79. The molecule has 110 valence electrons. The summed E-state index contributed by atoms with van der Waals surface area (Å²) in [5.41, 5.74) is 2.30. The van der Waals surface area contributed by atoms with Crippen molar-refractivity contribution in [2.75, 3.05) is 11.4 Å². The molecule has 0 radical (unpaired) electrons. The van der Waals surface area contributed by atoms with Crippen LogP contribution >= 0.6 is 38.5 Å². The van der Waals surface area contributed by atoms with E-state index in [-0.39, 0.29) is 11.7 Å². The van der Waals surface area contributed by atoms with Crippen molar-refractivity contribution in [3.63, 3.8) is 0 Å². The molecule has 0 aliphatic heterocycles. The summed E-state index contributed by atoms with van der Waals surface area (Å²) in [6.07, 6.45) is 0. The fourth-order valence-electron chi connectivity index (χ4n) is 2.12. The van der Waals surface area contributed by atoms with Gasteiger partial charge < -0.3 is 10.0 Å². The summed E-state index contributed by atoms with van der Waals surface area (Å²) in [5.74, 6) is 0.0696. The third-order valence-electron chi connectivity index (χ3n) is 3.20. The van der Waals surface area contributed by atoms with Crippen LogP contribution in [0.4, 0.5) is 5.69 Å². The average Bonchev–Trinajstić information content (AvgIpc) is 2.46. The van der Waals surface area contributed by atoms with Crippen LogP contribution in [0.2, 0.25) is 0 Å². The predicted octanol–water partition coefficient (Wildman–Crippen LogP) is 4.73. The zero-order valence-corrected chi connectivity index (χ0v) is 15.5. The highest BCUT2D eigenvalue weighted by Crippen LogP contribution is 2.28. The quantitative estimate of drug-likeness (QED) is 0.673. The highest BCUT2D eigenvalue weighted by Gasteiger charge is 2.20. The van der Waals surface area contributed by atoms with Gasteiger partial charge in [0.15, 0.2) is 0 Å². The maximum Gasteiger partial charge on any atom is 0.259 e. The Balaban J connectivity index is 2.48. The number of hydrogen-bond acceptors (Lipinski definition) is 2. The van der Waals surface area contributed by atoms with Crippen LogP contribution in [0.1, 0.15) is 22.8 Å². The van der Waals surface area contributed by atoms with Crippen molar-refractivity contribution in [1.82, 2.24) is 0 Å². The number of aromatic hydroxyl groups is 1. The Kier molecular flexibility index (Phi) is 5.27. The minimum Gasteiger partial charge on any atom is -0.508 e. The Hall–Kier alpha value is -1.08. The van der Waals surface area contributed by atoms with Gasteiger partial charge in [0.25, 0.3) is 5.91 Å². The van der Waals surface area contributed by atoms with Gasteiger partial charge in [-0.05, 0) is 82.2 Å². The van der Waals surface area contributed by atoms with E-state index in [0.717, 1.165) is 19.3 Å². The van der Waals surface area contributed by atoms with Gasteiger partial charge in [-0.25, -0.2) is 0 Å². The number of phenolic OH excluding ortho intramolecular Hbond substituents is 1. The monoisotopic (exact) mass is 459 g/mol. The molecule has 2 aromatic carbocycles. The number of amides is 1. The van der Waals surface area contributed by atoms with Gasteiger partial charge in [0.05, 0.1) is 11.3 Å². The maximum atomic E-state index is 12.8. The zero-order chi connectivity index (χ0) is 15.6. The molecule has 0 aromatic heterocycles. The highest BCUT2D eigenvalue weighted by atomic mass is 127. The van der Waals surface area contributed by atoms with Crippen molar-refractivity contribution in [2.24, 2.45) is 0 Å². The average molecular weight is 460 g/mol. The van der Waals surface area contributed by atoms with Gasteiger partial charge in [0.2, 0.25) is 0 Å². The van der Waals surface area contributed by atoms with Crippen LogP contribution in [0.5, 0.6) is 5.75 Å². The minimum absolute atomic E-state index is 0.0865. The first kappa shape index (κ1) is 16.3. The maximum absolute atomic E-state index is 12.8. The number of hydrogen-bond donors (Lipinski definition) is 1. The molecule has 0 bridgehead atoms. The van der Waals surface area contributed by atoms with Crippen LogP contribution in [-0.2, 0) is 0 Å². The molecular formula is C16H15BrINO2. The molecule has 3 nitrogen and oxygen atoms in total. The summed E-state index contributed by atoms with van der Waals surface area (Å²) in [4.78, 5) is 14.5. The van der Waals surface area contributed by atoms with Crippen molar-refractivity contribution in [2.45, 2.75) is 13.8 Å². The van der Waals surface area contributed by atoms with Crippen LogP contribution in [-0.4, -0.2) is 17.6 Å². The lowest BCUT2D eigenvalue weighted by atomic mass is 10.1. The molecule has 0 heterocycles. The topological polar surface area (TPSA) is 40.5 Å². The molecule has 0 aliphatic carbocycles. The van der Waals surface area contributed by atoms with E-state index < -0.39 is 0 Å². The summed E-state index contributed by atoms with van der Waals surface area (Å²) in [6, 6.07) is 10.7. The molecule has 2 rings (SSSR count). The number of benzene rings is 2. The van der Waals surface area contributed by atoms with Gasteiger partial charge in [-0.2, -0.15) is 0 Å². The van der Waals surface area contributed by atoms with Gasteiger partial charge in [-0.1, -0.05) is 6.07 Å². The molecule has 0 atom stereocenters. The number of halogens is 2. The second-order valence-electron chi connectivity index (χ2n) is 4.64. The zero-order valence-electron chi connectivity index (χ0n) is 11.7. The Bertz CT molecular complexity index is 688. The molecule has 5 heteroatoms. The number of aryl methyl sites for hydroxylation is 1. The number of rotatable bonds is 3. The van der Waals surface area contributed by atoms with E-state index in [1.165, 1.54) is 0 Å². The fraction of sp³-hybridized carbons (Fsp3) is 0.188. The second-order valence-corrected chi connectivity index (χ2v) is 6.74. The SMILES string of the molecule is CCN(C(=O)c1cc(I)ccc1Br)c1cc(O)ccc1C. The Morgan fingerprint density at radius 1 is 1.29 bits per heavy atom. The van der Waals surface area contributed by atoms with E-state index in [1.54, 1.807) is 17.0 Å². The van der Waals surface area contributed by atoms with E-state index in [4.69, 9.17) is 0 Å². The smallest absolute Gasteiger partial charge is 0.259 e. The van der Waals surface area contributed by atoms with Gasteiger partial charge in [-0.15, -0.1) is 0 Å². The number of carbonyl (C=O) groups excluding carboxylic acids is 1. The number of carbonyl (C=O) groups is 1. The summed E-state index contributed by atoms with van der Waals surface area (Å²) in [5, 5.41) is 9.68. The normalized spacial score (nSPS) is 10.5. The first-order chi connectivity index (χ1) is 9.93. The van der Waals surface area contributed by atoms with E-state index >= 15 is 0 Å². The van der Waals surface area contributed by atoms with E-state index in [2.05, 4.69) is 38.5 Å². The third kappa shape index (κ3) is 3.58. The molecule has 0 fully saturated rings. The standard InChI is InChI=1S/C16H15BrINO2/c1-3-19(15-9-12(20)6-4-10(15)2)16(21)13-8-11(18)5-7-14(13)17/h4-9,20H,3H2,1-2H3. The van der Waals surface area contributed by atoms with Gasteiger partial charge in [-0.3, -0.25) is 4.79 Å². The molecule has 0 aliphatic rings. The summed E-state index contributed by atoms with van der Waals surface area (Å²) in [6.45, 7) is 4.37. The summed E-state index contributed by atoms with van der Waals surface area (Å²) in [7, 11) is 0. The molecule has 21 heavy (non-hydrogen) atoms. The van der Waals surface area contributed by atoms with Crippen molar-refractivity contribution in [3.8, 4) is 5.75 Å². The highest BCUT2D eigenvalue weighted by molar-refractivity contribution is 14.1. The lowest BCUT2D eigenvalue weighted by molar-refractivity contribution is 0.0987. The molecule has 0 saturated heterocycles. The molecule has 0 saturated carbocycles. The Morgan fingerprint density at radius 3 is 2.67 bits per heavy atom. The van der Waals surface area contributed by atoms with Crippen LogP contribution in [0.15, 0.2) is 40.9 Å². The minimum atomic E-state index is -0.0865. The molecule has 0 unspecified atom stereocenters. The number of nitrogens with zero attached hydrogens (tertiary/aromatic N) is 1. The van der Waals surface area contributed by atoms with E-state index in [0.29, 0.717) is 12.1 Å². The summed E-state index contributed by atoms with van der Waals surface area (Å²) >= 11 is 5.62. The van der Waals surface area contributed by atoms with Crippen molar-refractivity contribution < 1.29 is 9.90 Å². The van der Waals surface area contributed by atoms with Crippen molar-refractivity contribution >= 4 is 50.1 Å². The van der Waals surface area contributed by atoms with Crippen molar-refractivity contribution in [1.29, 1.82) is 0 Å². The predicted molar refractivity (Wildman–Crippen MR) is 97.1 cm³/mol. The molecule has 1 amide bonds. The van der Waals surface area contributed by atoms with Gasteiger partial charge >= 0.3 is 0 Å². The van der Waals surface area contributed by atoms with Crippen LogP contribution in [0.3, 0.4) is 0 Å². The molecule has 2 aromatic rings. The molecular weight excluding hydrogens is 445 g/mol. The van der Waals surface area contributed by atoms with E-state index in [9.17, 15) is 9.90 Å². The first-order valence-corrected chi connectivity index (χ1v) is 8.37. The summed E-state index contributed by atoms with van der Waals surface area (Å²) < 4.78 is 1.77. The van der Waals surface area contributed by atoms with E-state index in [1.807, 2.05) is 38.1 Å². The number of phenols is 1. The van der Waals surface area contributed by atoms with Gasteiger partial charge in [0, 0.05) is 20.7 Å². The van der Waals surface area contributed by atoms with Crippen molar-refractivity contribution in [3.05, 3.63) is 55.6 Å². The Morgan fingerprint density at radius 2 is 2.00 bits per heavy atom. The molecule has 0 spiro atoms. The number of anilines is 1. The Labute approximate surface area is 146 Å². The fourth-order valence-corrected chi connectivity index (χ4v) is 3.03. The largest absolute Gasteiger partial charge is 0.508 e. The molecule has 1 N–H and O–H groups in total. The third-order valence-corrected chi connectivity index (χ3v) is 4.57. The van der Waals surface area contributed by atoms with Gasteiger partial charge in [0.1, 0.15) is 5.75 Å². The van der Waals surface area contributed by atoms with Crippen LogP contribution in [0, 0.1) is 10.5 Å². The van der Waals surface area contributed by atoms with Crippen LogP contribution in [0.25, 0.3) is 0 Å². The lowest BCUT2D eigenvalue weighted by Crippen LogP contribution is -2.31. The lowest BCUT2D eigenvalue weighted by Gasteiger charge is -2.24. The van der Waals surface area contributed by atoms with Crippen LogP contribution < -0.4 is 4.90 Å². The first-order valence-electron chi connectivity index (χ1n) is 6.50.